The fourth-order valence-electron chi connectivity index (χ4n) is 5.76. The van der Waals surface area contributed by atoms with Crippen LogP contribution in [0.4, 0.5) is 18.9 Å². The number of carbonyl (C=O) groups excluding carboxylic acids is 4. The first-order valence-corrected chi connectivity index (χ1v) is 15.1. The Morgan fingerprint density at radius 2 is 1.79 bits per heavy atom. The summed E-state index contributed by atoms with van der Waals surface area (Å²) < 4.78 is 64.5. The van der Waals surface area contributed by atoms with Crippen LogP contribution in [0.15, 0.2) is 29.2 Å². The van der Waals surface area contributed by atoms with Gasteiger partial charge in [-0.05, 0) is 36.8 Å². The number of carbonyl (C=O) groups is 4. The number of sulfone groups is 1. The fraction of sp³-hybridized carbons (Fsp3) is 0.593. The van der Waals surface area contributed by atoms with Gasteiger partial charge in [0.2, 0.25) is 11.8 Å². The van der Waals surface area contributed by atoms with Crippen molar-refractivity contribution in [1.82, 2.24) is 15.1 Å². The number of nitrogens with one attached hydrogen (secondary N) is 2. The third-order valence-corrected chi connectivity index (χ3v) is 11.0. The molecule has 3 fully saturated rings. The molecule has 1 spiro atoms. The number of likely N-dealkylation sites (N-methyl/N-ethyl adjacent to an activating group) is 1. The second kappa shape index (κ2) is 10.6. The summed E-state index contributed by atoms with van der Waals surface area (Å²) >= 11 is 0. The molecule has 2 aliphatic carbocycles. The van der Waals surface area contributed by atoms with Crippen LogP contribution < -0.4 is 10.6 Å². The molecule has 4 unspecified atom stereocenters. The summed E-state index contributed by atoms with van der Waals surface area (Å²) in [7, 11) is -3.09. The minimum atomic E-state index is -5.21. The van der Waals surface area contributed by atoms with Crippen molar-refractivity contribution < 1.29 is 40.8 Å². The van der Waals surface area contributed by atoms with Crippen LogP contribution in [0.1, 0.15) is 44.9 Å². The quantitative estimate of drug-likeness (QED) is 0.434. The molecule has 2 saturated carbocycles. The van der Waals surface area contributed by atoms with Crippen molar-refractivity contribution >= 4 is 39.2 Å². The molecule has 0 aromatic heterocycles. The number of halogens is 3. The molecule has 2 heterocycles. The lowest BCUT2D eigenvalue weighted by Gasteiger charge is -2.35. The minimum absolute atomic E-state index is 0.0232. The topological polar surface area (TPSA) is 137 Å². The summed E-state index contributed by atoms with van der Waals surface area (Å²) in [5, 5.41) is 4.35. The highest BCUT2D eigenvalue weighted by Gasteiger charge is 2.65. The molecule has 0 bridgehead atoms. The van der Waals surface area contributed by atoms with Crippen molar-refractivity contribution in [3.8, 4) is 0 Å². The lowest BCUT2D eigenvalue weighted by molar-refractivity contribution is -0.175. The predicted octanol–water partition coefficient (Wildman–Crippen LogP) is 2.10. The van der Waals surface area contributed by atoms with Gasteiger partial charge in [0.1, 0.15) is 12.1 Å². The fourth-order valence-corrected chi connectivity index (χ4v) is 7.82. The molecule has 15 heteroatoms. The van der Waals surface area contributed by atoms with Gasteiger partial charge < -0.3 is 15.5 Å². The van der Waals surface area contributed by atoms with E-state index in [9.17, 15) is 40.8 Å². The molecular formula is C27H30F3N5O6S. The van der Waals surface area contributed by atoms with Gasteiger partial charge in [-0.2, -0.15) is 13.2 Å². The van der Waals surface area contributed by atoms with Gasteiger partial charge in [-0.3, -0.25) is 28.9 Å². The van der Waals surface area contributed by atoms with E-state index in [-0.39, 0.29) is 35.3 Å². The Labute approximate surface area is 240 Å². The van der Waals surface area contributed by atoms with Crippen LogP contribution in [-0.4, -0.2) is 84.6 Å². The van der Waals surface area contributed by atoms with Crippen molar-refractivity contribution in [3.63, 3.8) is 0 Å². The zero-order chi connectivity index (χ0) is 30.6. The third kappa shape index (κ3) is 5.32. The summed E-state index contributed by atoms with van der Waals surface area (Å²) in [6.45, 7) is 7.09. The van der Waals surface area contributed by atoms with Crippen LogP contribution in [0, 0.1) is 18.4 Å². The highest BCUT2D eigenvalue weighted by Crippen LogP contribution is 2.45. The van der Waals surface area contributed by atoms with E-state index >= 15 is 0 Å². The van der Waals surface area contributed by atoms with E-state index < -0.39 is 75.6 Å². The molecule has 1 saturated heterocycles. The summed E-state index contributed by atoms with van der Waals surface area (Å²) in [4.78, 5) is 57.9. The van der Waals surface area contributed by atoms with Gasteiger partial charge in [-0.15, -0.1) is 0 Å². The number of alkyl halides is 3. The molecule has 4 amide bonds. The average molecular weight is 610 g/mol. The molecule has 4 aliphatic rings. The first-order chi connectivity index (χ1) is 19.7. The van der Waals surface area contributed by atoms with Gasteiger partial charge in [-0.1, -0.05) is 37.8 Å². The monoisotopic (exact) mass is 609 g/mol. The lowest BCUT2D eigenvalue weighted by Crippen LogP contribution is -2.58. The summed E-state index contributed by atoms with van der Waals surface area (Å²) in [6.07, 6.45) is -4.00. The van der Waals surface area contributed by atoms with Crippen LogP contribution >= 0.6 is 0 Å². The van der Waals surface area contributed by atoms with Crippen LogP contribution in [0.5, 0.6) is 0 Å². The number of hydrogen-bond acceptors (Lipinski definition) is 6. The Balaban J connectivity index is 1.43. The maximum absolute atomic E-state index is 14.0. The van der Waals surface area contributed by atoms with E-state index in [1.165, 1.54) is 25.2 Å². The van der Waals surface area contributed by atoms with Crippen molar-refractivity contribution in [2.24, 2.45) is 11.8 Å². The number of nitrogens with zero attached hydrogens (tertiary/aromatic N) is 3. The van der Waals surface area contributed by atoms with E-state index in [0.717, 1.165) is 22.6 Å². The summed E-state index contributed by atoms with van der Waals surface area (Å²) in [5.41, 5.74) is 0.0943. The van der Waals surface area contributed by atoms with E-state index in [2.05, 4.69) is 10.2 Å². The zero-order valence-corrected chi connectivity index (χ0v) is 23.5. The maximum Gasteiger partial charge on any atom is 0.471 e. The molecule has 1 aromatic carbocycles. The number of anilines is 1. The van der Waals surface area contributed by atoms with Crippen LogP contribution in [0.25, 0.3) is 4.85 Å². The Bertz CT molecular complexity index is 1470. The number of benzene rings is 1. The van der Waals surface area contributed by atoms with E-state index in [0.29, 0.717) is 12.8 Å². The number of para-hydroxylation sites is 1. The first kappa shape index (κ1) is 29.8. The Kier molecular flexibility index (Phi) is 7.49. The molecule has 2 N–H and O–H groups in total. The van der Waals surface area contributed by atoms with Gasteiger partial charge in [0, 0.05) is 7.05 Å². The van der Waals surface area contributed by atoms with Crippen LogP contribution in [0.3, 0.4) is 0 Å². The minimum Gasteiger partial charge on any atom is -0.336 e. The standard InChI is InChI=1S/C27H30F3N5O6S/c1-31-21-13-26(24(38)32-17-5-3-4-6-20(17)42(26,40)41)14-35(21)23(37)19(12-16-9-10-16)34(2)22(36)18(11-15-7-8-15)33-25(39)27(28,29)30/h3-6,15-16,18-19,21H,7-14H2,2H3,(H,32,38)(H,33,39). The number of hydrogen-bond donors (Lipinski definition) is 2. The highest BCUT2D eigenvalue weighted by atomic mass is 32.2. The predicted molar refractivity (Wildman–Crippen MR) is 141 cm³/mol. The number of rotatable bonds is 8. The van der Waals surface area contributed by atoms with Gasteiger partial charge in [0.25, 0.3) is 5.91 Å². The van der Waals surface area contributed by atoms with E-state index in [1.54, 1.807) is 11.4 Å². The average Bonchev–Trinajstić information content (AvgIpc) is 3.87. The molecule has 4 atom stereocenters. The van der Waals surface area contributed by atoms with Gasteiger partial charge >= 0.3 is 18.2 Å². The maximum atomic E-state index is 14.0. The summed E-state index contributed by atoms with van der Waals surface area (Å²) in [6, 6.07) is 3.06. The molecular weight excluding hydrogens is 579 g/mol. The lowest BCUT2D eigenvalue weighted by atomic mass is 10.0. The highest BCUT2D eigenvalue weighted by molar-refractivity contribution is 7.94. The van der Waals surface area contributed by atoms with Crippen molar-refractivity contribution in [2.45, 2.75) is 79.0 Å². The summed E-state index contributed by atoms with van der Waals surface area (Å²) in [5.74, 6) is -4.79. The van der Waals surface area contributed by atoms with Gasteiger partial charge in [-0.25, -0.2) is 15.0 Å². The second-order valence-corrected chi connectivity index (χ2v) is 13.8. The number of amides is 4. The van der Waals surface area contributed by atoms with Gasteiger partial charge in [0.05, 0.1) is 23.5 Å². The third-order valence-electron chi connectivity index (χ3n) is 8.56. The SMILES string of the molecule is [C-]#[N+]C1CC2(CN1C(=O)C(CC1CC1)N(C)C(=O)C(CC1CC1)NC(=O)C(F)(F)F)C(=O)Nc1ccccc1S2(=O)=O. The Hall–Kier alpha value is -3.67. The Morgan fingerprint density at radius 1 is 1.17 bits per heavy atom. The Morgan fingerprint density at radius 3 is 2.38 bits per heavy atom. The van der Waals surface area contributed by atoms with Crippen LogP contribution in [0.2, 0.25) is 0 Å². The van der Waals surface area contributed by atoms with E-state index in [1.807, 2.05) is 0 Å². The molecule has 1 aromatic rings. The van der Waals surface area contributed by atoms with E-state index in [4.69, 9.17) is 6.57 Å². The zero-order valence-electron chi connectivity index (χ0n) is 22.7. The second-order valence-electron chi connectivity index (χ2n) is 11.6. The molecule has 2 aliphatic heterocycles. The van der Waals surface area contributed by atoms with Crippen LogP contribution in [-0.2, 0) is 29.0 Å². The van der Waals surface area contributed by atoms with Crippen molar-refractivity contribution in [1.29, 1.82) is 0 Å². The molecule has 5 rings (SSSR count). The molecule has 0 radical (unpaired) electrons. The largest absolute Gasteiger partial charge is 0.471 e. The first-order valence-electron chi connectivity index (χ1n) is 13.7. The molecule has 226 valence electrons. The van der Waals surface area contributed by atoms with Gasteiger partial charge in [0.15, 0.2) is 14.6 Å². The normalized spacial score (nSPS) is 26.0. The molecule has 42 heavy (non-hydrogen) atoms. The van der Waals surface area contributed by atoms with Crippen molar-refractivity contribution in [2.75, 3.05) is 18.9 Å². The smallest absolute Gasteiger partial charge is 0.336 e. The number of fused-ring (bicyclic) bond motifs is 1. The molecule has 11 nitrogen and oxygen atoms in total. The van der Waals surface area contributed by atoms with Crippen molar-refractivity contribution in [3.05, 3.63) is 35.7 Å². The number of likely N-dealkylation sites (tertiary alicyclic amines) is 1.